The molecule has 0 aliphatic rings. The fourth-order valence-electron chi connectivity index (χ4n) is 3.28. The zero-order valence-electron chi connectivity index (χ0n) is 12.8. The van der Waals surface area contributed by atoms with E-state index in [0.29, 0.717) is 5.75 Å². The maximum atomic E-state index is 10.3. The minimum atomic E-state index is 0.0941. The van der Waals surface area contributed by atoms with Crippen molar-refractivity contribution >= 4 is 0 Å². The highest BCUT2D eigenvalue weighted by Crippen LogP contribution is 2.44. The Bertz CT molecular complexity index is 368. The van der Waals surface area contributed by atoms with Gasteiger partial charge in [-0.1, -0.05) is 40.0 Å². The van der Waals surface area contributed by atoms with Crippen LogP contribution < -0.4 is 4.74 Å². The number of hydrogen-bond acceptors (Lipinski definition) is 2. The summed E-state index contributed by atoms with van der Waals surface area (Å²) in [6.07, 6.45) is 6.77. The lowest BCUT2D eigenvalue weighted by Crippen LogP contribution is -2.26. The molecule has 1 aromatic rings. The van der Waals surface area contributed by atoms with Crippen molar-refractivity contribution in [1.29, 1.82) is 0 Å². The van der Waals surface area contributed by atoms with Crippen LogP contribution in [0.15, 0.2) is 18.2 Å². The second-order valence-electron chi connectivity index (χ2n) is 5.41. The predicted molar refractivity (Wildman–Crippen MR) is 81.1 cm³/mol. The molecule has 1 aromatic carbocycles. The Morgan fingerprint density at radius 3 is 1.95 bits per heavy atom. The predicted octanol–water partition coefficient (Wildman–Crippen LogP) is 5.04. The van der Waals surface area contributed by atoms with Gasteiger partial charge in [0.1, 0.15) is 11.5 Å². The number of methoxy groups -OCH3 is 1. The van der Waals surface area contributed by atoms with Gasteiger partial charge in [-0.2, -0.15) is 0 Å². The Hall–Kier alpha value is -1.18. The SMILES string of the molecule is CCCC(CCC)(CCC)c1cc(OC)ccc1O. The largest absolute Gasteiger partial charge is 0.508 e. The number of phenolic OH excluding ortho intramolecular Hbond substituents is 1. The first-order chi connectivity index (χ1) is 9.13. The van der Waals surface area contributed by atoms with E-state index >= 15 is 0 Å². The third kappa shape index (κ3) is 3.65. The molecule has 0 saturated heterocycles. The van der Waals surface area contributed by atoms with Gasteiger partial charge in [0.05, 0.1) is 7.11 Å². The number of hydrogen-bond donors (Lipinski definition) is 1. The second kappa shape index (κ2) is 7.42. The molecular weight excluding hydrogens is 236 g/mol. The van der Waals surface area contributed by atoms with E-state index in [4.69, 9.17) is 4.74 Å². The molecule has 0 aromatic heterocycles. The summed E-state index contributed by atoms with van der Waals surface area (Å²) in [7, 11) is 1.68. The van der Waals surface area contributed by atoms with Gasteiger partial charge in [0.25, 0.3) is 0 Å². The summed E-state index contributed by atoms with van der Waals surface area (Å²) in [5.41, 5.74) is 1.16. The summed E-state index contributed by atoms with van der Waals surface area (Å²) < 4.78 is 5.33. The van der Waals surface area contributed by atoms with E-state index in [2.05, 4.69) is 20.8 Å². The molecule has 0 radical (unpaired) electrons. The summed E-state index contributed by atoms with van der Waals surface area (Å²) in [5, 5.41) is 10.3. The normalized spacial score (nSPS) is 11.6. The molecule has 0 spiro atoms. The molecule has 1 rings (SSSR count). The molecule has 0 heterocycles. The van der Waals surface area contributed by atoms with Crippen molar-refractivity contribution in [3.8, 4) is 11.5 Å². The van der Waals surface area contributed by atoms with Crippen molar-refractivity contribution in [1.82, 2.24) is 0 Å². The molecule has 0 atom stereocenters. The van der Waals surface area contributed by atoms with Crippen LogP contribution in [0.25, 0.3) is 0 Å². The molecule has 0 amide bonds. The molecule has 1 N–H and O–H groups in total. The highest BCUT2D eigenvalue weighted by molar-refractivity contribution is 5.44. The lowest BCUT2D eigenvalue weighted by molar-refractivity contribution is 0.311. The van der Waals surface area contributed by atoms with Crippen LogP contribution in [0.2, 0.25) is 0 Å². The van der Waals surface area contributed by atoms with Gasteiger partial charge in [-0.05, 0) is 42.9 Å². The summed E-state index contributed by atoms with van der Waals surface area (Å²) >= 11 is 0. The van der Waals surface area contributed by atoms with Crippen LogP contribution in [0.3, 0.4) is 0 Å². The molecule has 0 fully saturated rings. The van der Waals surface area contributed by atoms with E-state index in [1.807, 2.05) is 12.1 Å². The number of rotatable bonds is 8. The summed E-state index contributed by atoms with van der Waals surface area (Å²) in [5.74, 6) is 1.25. The first-order valence-electron chi connectivity index (χ1n) is 7.51. The van der Waals surface area contributed by atoms with E-state index in [1.165, 1.54) is 0 Å². The van der Waals surface area contributed by atoms with Crippen molar-refractivity contribution in [2.24, 2.45) is 0 Å². The second-order valence-corrected chi connectivity index (χ2v) is 5.41. The zero-order chi connectivity index (χ0) is 14.3. The monoisotopic (exact) mass is 264 g/mol. The average molecular weight is 264 g/mol. The first-order valence-corrected chi connectivity index (χ1v) is 7.51. The van der Waals surface area contributed by atoms with Gasteiger partial charge in [-0.3, -0.25) is 0 Å². The fraction of sp³-hybridized carbons (Fsp3) is 0.647. The molecule has 0 bridgehead atoms. The molecular formula is C17H28O2. The van der Waals surface area contributed by atoms with Crippen LogP contribution in [0, 0.1) is 0 Å². The van der Waals surface area contributed by atoms with E-state index in [-0.39, 0.29) is 5.41 Å². The third-order valence-electron chi connectivity index (χ3n) is 3.96. The Kier molecular flexibility index (Phi) is 6.20. The topological polar surface area (TPSA) is 29.5 Å². The highest BCUT2D eigenvalue weighted by atomic mass is 16.5. The quantitative estimate of drug-likeness (QED) is 0.713. The van der Waals surface area contributed by atoms with E-state index in [1.54, 1.807) is 13.2 Å². The van der Waals surface area contributed by atoms with E-state index in [0.717, 1.165) is 49.8 Å². The van der Waals surface area contributed by atoms with Crippen molar-refractivity contribution in [2.45, 2.75) is 64.7 Å². The first kappa shape index (κ1) is 15.9. The molecule has 0 aliphatic heterocycles. The Labute approximate surface area is 117 Å². The molecule has 0 aliphatic carbocycles. The summed E-state index contributed by atoms with van der Waals surface area (Å²) in [4.78, 5) is 0. The smallest absolute Gasteiger partial charge is 0.119 e. The minimum absolute atomic E-state index is 0.0941. The number of phenols is 1. The minimum Gasteiger partial charge on any atom is -0.508 e. The van der Waals surface area contributed by atoms with Crippen molar-refractivity contribution in [3.63, 3.8) is 0 Å². The zero-order valence-corrected chi connectivity index (χ0v) is 12.8. The fourth-order valence-corrected chi connectivity index (χ4v) is 3.28. The van der Waals surface area contributed by atoms with Gasteiger partial charge in [-0.25, -0.2) is 0 Å². The lowest BCUT2D eigenvalue weighted by atomic mass is 9.70. The maximum absolute atomic E-state index is 10.3. The van der Waals surface area contributed by atoms with Crippen LogP contribution in [0.5, 0.6) is 11.5 Å². The summed E-state index contributed by atoms with van der Waals surface area (Å²) in [6.45, 7) is 6.66. The molecule has 0 unspecified atom stereocenters. The summed E-state index contributed by atoms with van der Waals surface area (Å²) in [6, 6.07) is 5.62. The molecule has 2 heteroatoms. The van der Waals surface area contributed by atoms with E-state index in [9.17, 15) is 5.11 Å². The number of aromatic hydroxyl groups is 1. The molecule has 0 saturated carbocycles. The van der Waals surface area contributed by atoms with Crippen LogP contribution >= 0.6 is 0 Å². The van der Waals surface area contributed by atoms with Crippen molar-refractivity contribution in [2.75, 3.05) is 7.11 Å². The van der Waals surface area contributed by atoms with Crippen molar-refractivity contribution in [3.05, 3.63) is 23.8 Å². The third-order valence-corrected chi connectivity index (χ3v) is 3.96. The van der Waals surface area contributed by atoms with Gasteiger partial charge >= 0.3 is 0 Å². The lowest BCUT2D eigenvalue weighted by Gasteiger charge is -2.35. The van der Waals surface area contributed by atoms with Crippen molar-refractivity contribution < 1.29 is 9.84 Å². The highest BCUT2D eigenvalue weighted by Gasteiger charge is 2.32. The standard InChI is InChI=1S/C17H28O2/c1-5-10-17(11-6-2,12-7-3)15-13-14(19-4)8-9-16(15)18/h8-9,13,18H,5-7,10-12H2,1-4H3. The Morgan fingerprint density at radius 2 is 1.53 bits per heavy atom. The Balaban J connectivity index is 3.27. The van der Waals surface area contributed by atoms with Gasteiger partial charge < -0.3 is 9.84 Å². The molecule has 2 nitrogen and oxygen atoms in total. The maximum Gasteiger partial charge on any atom is 0.119 e. The molecule has 108 valence electrons. The van der Waals surface area contributed by atoms with Crippen LogP contribution in [-0.2, 0) is 5.41 Å². The van der Waals surface area contributed by atoms with Crippen LogP contribution in [-0.4, -0.2) is 12.2 Å². The number of ether oxygens (including phenoxy) is 1. The van der Waals surface area contributed by atoms with Crippen LogP contribution in [0.1, 0.15) is 64.9 Å². The molecule has 19 heavy (non-hydrogen) atoms. The Morgan fingerprint density at radius 1 is 1.00 bits per heavy atom. The number of benzene rings is 1. The van der Waals surface area contributed by atoms with E-state index < -0.39 is 0 Å². The van der Waals surface area contributed by atoms with Crippen LogP contribution in [0.4, 0.5) is 0 Å². The van der Waals surface area contributed by atoms with Gasteiger partial charge in [0.2, 0.25) is 0 Å². The van der Waals surface area contributed by atoms with Gasteiger partial charge in [0.15, 0.2) is 0 Å². The average Bonchev–Trinajstić information content (AvgIpc) is 2.40. The van der Waals surface area contributed by atoms with Gasteiger partial charge in [-0.15, -0.1) is 0 Å². The van der Waals surface area contributed by atoms with Gasteiger partial charge in [0, 0.05) is 5.56 Å².